The number of nitrogens with zero attached hydrogens (tertiary/aromatic N) is 1. The lowest BCUT2D eigenvalue weighted by molar-refractivity contribution is -0.659. The van der Waals surface area contributed by atoms with Crippen molar-refractivity contribution in [2.24, 2.45) is 7.05 Å². The standard InChI is InChI=1S/C19H18NO2/c1-13-11-17-18(22-10-9-21-17)12-16(13)19-15-6-4-3-5-14(15)7-8-20(19)2/h3-8,11-12H,9-10H2,1-2H3/q+1. The largest absolute Gasteiger partial charge is 0.486 e. The molecule has 0 radical (unpaired) electrons. The summed E-state index contributed by atoms with van der Waals surface area (Å²) in [5, 5.41) is 2.48. The van der Waals surface area contributed by atoms with Gasteiger partial charge in [-0.05, 0) is 36.1 Å². The monoisotopic (exact) mass is 292 g/mol. The third-order valence-corrected chi connectivity index (χ3v) is 4.19. The Kier molecular flexibility index (Phi) is 3.00. The average Bonchev–Trinajstić information content (AvgIpc) is 2.54. The fourth-order valence-electron chi connectivity index (χ4n) is 3.10. The third kappa shape index (κ3) is 2.01. The first-order valence-electron chi connectivity index (χ1n) is 7.52. The highest BCUT2D eigenvalue weighted by Crippen LogP contribution is 2.38. The highest BCUT2D eigenvalue weighted by molar-refractivity contribution is 5.93. The molecule has 0 fully saturated rings. The first-order valence-corrected chi connectivity index (χ1v) is 7.52. The van der Waals surface area contributed by atoms with Crippen molar-refractivity contribution < 1.29 is 14.0 Å². The number of aryl methyl sites for hydroxylation is 2. The lowest BCUT2D eigenvalue weighted by Crippen LogP contribution is -2.30. The summed E-state index contributed by atoms with van der Waals surface area (Å²) in [5.74, 6) is 1.68. The van der Waals surface area contributed by atoms with Crippen LogP contribution in [0, 0.1) is 6.92 Å². The van der Waals surface area contributed by atoms with E-state index < -0.39 is 0 Å². The highest BCUT2D eigenvalue weighted by Gasteiger charge is 2.21. The van der Waals surface area contributed by atoms with Gasteiger partial charge in [0, 0.05) is 6.07 Å². The maximum atomic E-state index is 5.76. The predicted octanol–water partition coefficient (Wildman–Crippen LogP) is 3.41. The molecule has 1 aliphatic rings. The zero-order valence-electron chi connectivity index (χ0n) is 12.8. The van der Waals surface area contributed by atoms with E-state index in [1.165, 1.54) is 27.6 Å². The van der Waals surface area contributed by atoms with Gasteiger partial charge in [0.05, 0.1) is 10.9 Å². The predicted molar refractivity (Wildman–Crippen MR) is 86.3 cm³/mol. The van der Waals surface area contributed by atoms with Crippen LogP contribution >= 0.6 is 0 Å². The van der Waals surface area contributed by atoms with Gasteiger partial charge in [0.25, 0.3) is 0 Å². The summed E-state index contributed by atoms with van der Waals surface area (Å²) in [6, 6.07) is 14.8. The molecule has 2 aromatic carbocycles. The Hall–Kier alpha value is -2.55. The molecule has 0 saturated carbocycles. The minimum Gasteiger partial charge on any atom is -0.486 e. The molecule has 3 heteroatoms. The van der Waals surface area contributed by atoms with Gasteiger partial charge in [-0.15, -0.1) is 0 Å². The molecule has 1 aromatic heterocycles. The van der Waals surface area contributed by atoms with E-state index in [1.54, 1.807) is 0 Å². The fraction of sp³-hybridized carbons (Fsp3) is 0.211. The summed E-state index contributed by atoms with van der Waals surface area (Å²) in [6.45, 7) is 3.35. The maximum absolute atomic E-state index is 5.76. The van der Waals surface area contributed by atoms with Crippen LogP contribution in [0.15, 0.2) is 48.7 Å². The number of fused-ring (bicyclic) bond motifs is 2. The lowest BCUT2D eigenvalue weighted by Gasteiger charge is -2.20. The van der Waals surface area contributed by atoms with Crippen molar-refractivity contribution in [3.05, 3.63) is 54.2 Å². The molecule has 0 saturated heterocycles. The van der Waals surface area contributed by atoms with Crippen LogP contribution in [-0.4, -0.2) is 13.2 Å². The lowest BCUT2D eigenvalue weighted by atomic mass is 9.99. The van der Waals surface area contributed by atoms with E-state index in [0.717, 1.165) is 11.5 Å². The second-order valence-electron chi connectivity index (χ2n) is 5.67. The normalized spacial score (nSPS) is 13.4. The Morgan fingerprint density at radius 2 is 1.68 bits per heavy atom. The highest BCUT2D eigenvalue weighted by atomic mass is 16.6. The molecule has 22 heavy (non-hydrogen) atoms. The number of rotatable bonds is 1. The first-order chi connectivity index (χ1) is 10.7. The zero-order chi connectivity index (χ0) is 15.1. The minimum absolute atomic E-state index is 0.608. The molecule has 3 nitrogen and oxygen atoms in total. The van der Waals surface area contributed by atoms with Crippen LogP contribution in [0.3, 0.4) is 0 Å². The van der Waals surface area contributed by atoms with E-state index in [-0.39, 0.29) is 0 Å². The fourth-order valence-corrected chi connectivity index (χ4v) is 3.10. The molecule has 4 rings (SSSR count). The summed E-state index contributed by atoms with van der Waals surface area (Å²) in [4.78, 5) is 0. The van der Waals surface area contributed by atoms with Crippen LogP contribution < -0.4 is 14.0 Å². The van der Waals surface area contributed by atoms with E-state index in [1.807, 2.05) is 0 Å². The minimum atomic E-state index is 0.608. The summed E-state index contributed by atoms with van der Waals surface area (Å²) in [7, 11) is 2.08. The number of hydrogen-bond donors (Lipinski definition) is 0. The van der Waals surface area contributed by atoms with Gasteiger partial charge < -0.3 is 9.47 Å². The van der Waals surface area contributed by atoms with Crippen LogP contribution in [0.4, 0.5) is 0 Å². The van der Waals surface area contributed by atoms with Gasteiger partial charge in [-0.25, -0.2) is 4.57 Å². The van der Waals surface area contributed by atoms with Gasteiger partial charge in [-0.1, -0.05) is 18.2 Å². The summed E-state index contributed by atoms with van der Waals surface area (Å²) >= 11 is 0. The molecule has 0 N–H and O–H groups in total. The van der Waals surface area contributed by atoms with E-state index in [4.69, 9.17) is 9.47 Å². The van der Waals surface area contributed by atoms with Gasteiger partial charge in [0.1, 0.15) is 20.3 Å². The SMILES string of the molecule is Cc1cc2c(cc1-c1c3ccccc3cc[n+]1C)OCCO2. The Morgan fingerprint density at radius 1 is 0.955 bits per heavy atom. The molecule has 3 aromatic rings. The van der Waals surface area contributed by atoms with Crippen LogP contribution in [-0.2, 0) is 7.05 Å². The number of hydrogen-bond acceptors (Lipinski definition) is 2. The van der Waals surface area contributed by atoms with Crippen molar-refractivity contribution >= 4 is 10.8 Å². The van der Waals surface area contributed by atoms with Gasteiger partial charge in [-0.3, -0.25) is 0 Å². The first kappa shape index (κ1) is 13.1. The number of aromatic nitrogens is 1. The van der Waals surface area contributed by atoms with E-state index >= 15 is 0 Å². The Balaban J connectivity index is 2.01. The topological polar surface area (TPSA) is 22.3 Å². The summed E-state index contributed by atoms with van der Waals surface area (Å²) in [5.41, 5.74) is 3.58. The van der Waals surface area contributed by atoms with E-state index in [9.17, 15) is 0 Å². The molecule has 0 amide bonds. The second-order valence-corrected chi connectivity index (χ2v) is 5.67. The molecule has 0 bridgehead atoms. The molecular formula is C19H18NO2+. The number of benzene rings is 2. The summed E-state index contributed by atoms with van der Waals surface area (Å²) in [6.07, 6.45) is 2.11. The smallest absolute Gasteiger partial charge is 0.220 e. The van der Waals surface area contributed by atoms with Gasteiger partial charge in [-0.2, -0.15) is 0 Å². The van der Waals surface area contributed by atoms with Crippen LogP contribution in [0.2, 0.25) is 0 Å². The van der Waals surface area contributed by atoms with Crippen molar-refractivity contribution in [1.29, 1.82) is 0 Å². The van der Waals surface area contributed by atoms with Crippen molar-refractivity contribution in [1.82, 2.24) is 0 Å². The Labute approximate surface area is 129 Å². The van der Waals surface area contributed by atoms with Crippen LogP contribution in [0.5, 0.6) is 11.5 Å². The molecule has 0 atom stereocenters. The van der Waals surface area contributed by atoms with Gasteiger partial charge in [0.2, 0.25) is 5.69 Å². The third-order valence-electron chi connectivity index (χ3n) is 4.19. The zero-order valence-corrected chi connectivity index (χ0v) is 12.8. The van der Waals surface area contributed by atoms with Gasteiger partial charge in [0.15, 0.2) is 17.7 Å². The van der Waals surface area contributed by atoms with Gasteiger partial charge >= 0.3 is 0 Å². The molecule has 0 aliphatic carbocycles. The molecule has 1 aliphatic heterocycles. The summed E-state index contributed by atoms with van der Waals surface area (Å²) < 4.78 is 13.6. The molecule has 2 heterocycles. The van der Waals surface area contributed by atoms with E-state index in [0.29, 0.717) is 13.2 Å². The average molecular weight is 292 g/mol. The number of pyridine rings is 1. The molecular weight excluding hydrogens is 274 g/mol. The molecule has 0 unspecified atom stereocenters. The van der Waals surface area contributed by atoms with Crippen LogP contribution in [0.25, 0.3) is 22.0 Å². The van der Waals surface area contributed by atoms with E-state index in [2.05, 4.69) is 67.2 Å². The molecule has 110 valence electrons. The van der Waals surface area contributed by atoms with Crippen molar-refractivity contribution in [3.8, 4) is 22.8 Å². The second kappa shape index (κ2) is 5.02. The molecule has 0 spiro atoms. The quantitative estimate of drug-likeness (QED) is 0.641. The number of ether oxygens (including phenoxy) is 2. The van der Waals surface area contributed by atoms with Crippen molar-refractivity contribution in [2.75, 3.05) is 13.2 Å². The van der Waals surface area contributed by atoms with Crippen LogP contribution in [0.1, 0.15) is 5.56 Å². The maximum Gasteiger partial charge on any atom is 0.220 e. The van der Waals surface area contributed by atoms with Crippen molar-refractivity contribution in [2.45, 2.75) is 6.92 Å². The van der Waals surface area contributed by atoms with Crippen molar-refractivity contribution in [3.63, 3.8) is 0 Å². The Morgan fingerprint density at radius 3 is 2.50 bits per heavy atom. The Bertz CT molecular complexity index is 871.